The molecule has 0 heterocycles. The third-order valence-electron chi connectivity index (χ3n) is 1.33. The smallest absolute Gasteiger partial charge is 0.144 e. The fourth-order valence-electron chi connectivity index (χ4n) is 0.781. The molecule has 0 aliphatic heterocycles. The van der Waals surface area contributed by atoms with Gasteiger partial charge in [0.2, 0.25) is 0 Å². The van der Waals surface area contributed by atoms with Crippen LogP contribution in [0.4, 0.5) is 11.4 Å². The molecule has 0 aliphatic carbocycles. The summed E-state index contributed by atoms with van der Waals surface area (Å²) >= 11 is 2.11. The zero-order valence-corrected chi connectivity index (χ0v) is 8.25. The number of rotatable bonds is 1. The van der Waals surface area contributed by atoms with Crippen molar-refractivity contribution in [3.8, 4) is 5.75 Å². The van der Waals surface area contributed by atoms with E-state index in [0.29, 0.717) is 17.1 Å². The number of nitrogens with two attached hydrogens (primary N) is 2. The second-order valence-corrected chi connectivity index (χ2v) is 3.28. The number of halogens is 1. The lowest BCUT2D eigenvalue weighted by Gasteiger charge is -2.06. The number of methoxy groups -OCH3 is 1. The molecule has 3 nitrogen and oxygen atoms in total. The lowest BCUT2D eigenvalue weighted by atomic mass is 10.2. The SMILES string of the molecule is COc1cc(N)cc(I)c1N. The van der Waals surface area contributed by atoms with Gasteiger partial charge in [0.05, 0.1) is 12.8 Å². The maximum atomic E-state index is 5.67. The van der Waals surface area contributed by atoms with Crippen LogP contribution in [0.5, 0.6) is 5.75 Å². The normalized spacial score (nSPS) is 9.64. The molecule has 0 atom stereocenters. The van der Waals surface area contributed by atoms with Gasteiger partial charge in [-0.15, -0.1) is 0 Å². The first-order valence-electron chi connectivity index (χ1n) is 3.03. The second-order valence-electron chi connectivity index (χ2n) is 2.12. The molecule has 0 spiro atoms. The highest BCUT2D eigenvalue weighted by Crippen LogP contribution is 2.29. The fraction of sp³-hybridized carbons (Fsp3) is 0.143. The Morgan fingerprint density at radius 3 is 2.55 bits per heavy atom. The van der Waals surface area contributed by atoms with Crippen LogP contribution in [0.2, 0.25) is 0 Å². The molecule has 0 saturated heterocycles. The van der Waals surface area contributed by atoms with Crippen molar-refractivity contribution in [1.29, 1.82) is 0 Å². The van der Waals surface area contributed by atoms with Gasteiger partial charge in [-0.1, -0.05) is 0 Å². The van der Waals surface area contributed by atoms with E-state index in [9.17, 15) is 0 Å². The van der Waals surface area contributed by atoms with Crippen molar-refractivity contribution in [2.24, 2.45) is 0 Å². The van der Waals surface area contributed by atoms with Gasteiger partial charge in [0.15, 0.2) is 0 Å². The van der Waals surface area contributed by atoms with Crippen LogP contribution < -0.4 is 16.2 Å². The molecule has 0 amide bonds. The molecule has 4 N–H and O–H groups in total. The Hall–Kier alpha value is -0.650. The molecule has 0 bridgehead atoms. The number of ether oxygens (including phenoxy) is 1. The minimum atomic E-state index is 0.634. The first-order valence-corrected chi connectivity index (χ1v) is 4.11. The minimum absolute atomic E-state index is 0.634. The van der Waals surface area contributed by atoms with E-state index in [1.165, 1.54) is 0 Å². The zero-order chi connectivity index (χ0) is 8.43. The molecule has 0 radical (unpaired) electrons. The van der Waals surface area contributed by atoms with E-state index in [1.807, 2.05) is 0 Å². The second kappa shape index (κ2) is 3.17. The molecule has 60 valence electrons. The van der Waals surface area contributed by atoms with Gasteiger partial charge >= 0.3 is 0 Å². The molecule has 11 heavy (non-hydrogen) atoms. The third kappa shape index (κ3) is 1.68. The van der Waals surface area contributed by atoms with Gasteiger partial charge in [-0.05, 0) is 28.7 Å². The summed E-state index contributed by atoms with van der Waals surface area (Å²) in [6.07, 6.45) is 0. The average Bonchev–Trinajstić information content (AvgIpc) is 1.96. The summed E-state index contributed by atoms with van der Waals surface area (Å²) in [5, 5.41) is 0. The molecule has 0 fully saturated rings. The Bertz CT molecular complexity index is 275. The molecule has 0 saturated carbocycles. The van der Waals surface area contributed by atoms with Gasteiger partial charge in [-0.25, -0.2) is 0 Å². The maximum absolute atomic E-state index is 5.67. The van der Waals surface area contributed by atoms with Gasteiger partial charge in [-0.3, -0.25) is 0 Å². The molecule has 4 heteroatoms. The van der Waals surface area contributed by atoms with Crippen molar-refractivity contribution >= 4 is 34.0 Å². The number of hydrogen-bond donors (Lipinski definition) is 2. The summed E-state index contributed by atoms with van der Waals surface area (Å²) in [7, 11) is 1.57. The Labute approximate surface area is 78.9 Å². The Morgan fingerprint density at radius 2 is 2.00 bits per heavy atom. The van der Waals surface area contributed by atoms with Crippen LogP contribution in [-0.4, -0.2) is 7.11 Å². The van der Waals surface area contributed by atoms with E-state index in [1.54, 1.807) is 19.2 Å². The first-order chi connectivity index (χ1) is 5.15. The average molecular weight is 264 g/mol. The summed E-state index contributed by atoms with van der Waals surface area (Å²) in [6.45, 7) is 0. The van der Waals surface area contributed by atoms with Crippen molar-refractivity contribution in [2.45, 2.75) is 0 Å². The van der Waals surface area contributed by atoms with Crippen LogP contribution in [0.15, 0.2) is 12.1 Å². The van der Waals surface area contributed by atoms with Crippen LogP contribution in [-0.2, 0) is 0 Å². The van der Waals surface area contributed by atoms with Gasteiger partial charge in [0.25, 0.3) is 0 Å². The molecular weight excluding hydrogens is 255 g/mol. The number of benzene rings is 1. The molecule has 0 aliphatic rings. The van der Waals surface area contributed by atoms with Crippen molar-refractivity contribution in [3.05, 3.63) is 15.7 Å². The largest absolute Gasteiger partial charge is 0.494 e. The van der Waals surface area contributed by atoms with Gasteiger partial charge in [0.1, 0.15) is 5.75 Å². The van der Waals surface area contributed by atoms with Gasteiger partial charge < -0.3 is 16.2 Å². The standard InChI is InChI=1S/C7H9IN2O/c1-11-6-3-4(9)2-5(8)7(6)10/h2-3H,9-10H2,1H3. The van der Waals surface area contributed by atoms with Gasteiger partial charge in [0, 0.05) is 15.3 Å². The molecule has 0 aromatic heterocycles. The molecule has 1 aromatic carbocycles. The fourth-order valence-corrected chi connectivity index (χ4v) is 1.41. The highest BCUT2D eigenvalue weighted by Gasteiger charge is 2.03. The van der Waals surface area contributed by atoms with Crippen LogP contribution in [0.25, 0.3) is 0 Å². The van der Waals surface area contributed by atoms with Crippen LogP contribution in [0.3, 0.4) is 0 Å². The monoisotopic (exact) mass is 264 g/mol. The van der Waals surface area contributed by atoms with E-state index >= 15 is 0 Å². The Kier molecular flexibility index (Phi) is 2.43. The van der Waals surface area contributed by atoms with E-state index < -0.39 is 0 Å². The van der Waals surface area contributed by atoms with Crippen molar-refractivity contribution < 1.29 is 4.74 Å². The Morgan fingerprint density at radius 1 is 1.36 bits per heavy atom. The summed E-state index contributed by atoms with van der Waals surface area (Å²) in [5.41, 5.74) is 12.5. The summed E-state index contributed by atoms with van der Waals surface area (Å²) in [4.78, 5) is 0. The molecule has 1 aromatic rings. The predicted molar refractivity (Wildman–Crippen MR) is 54.5 cm³/mol. The maximum Gasteiger partial charge on any atom is 0.144 e. The third-order valence-corrected chi connectivity index (χ3v) is 2.23. The minimum Gasteiger partial charge on any atom is -0.494 e. The Balaban J connectivity index is 3.24. The van der Waals surface area contributed by atoms with E-state index in [0.717, 1.165) is 3.57 Å². The molecule has 1 rings (SSSR count). The van der Waals surface area contributed by atoms with Crippen LogP contribution >= 0.6 is 22.6 Å². The predicted octanol–water partition coefficient (Wildman–Crippen LogP) is 1.46. The summed E-state index contributed by atoms with van der Waals surface area (Å²) < 4.78 is 5.91. The molecule has 0 unspecified atom stereocenters. The van der Waals surface area contributed by atoms with Gasteiger partial charge in [-0.2, -0.15) is 0 Å². The molecular formula is C7H9IN2O. The summed E-state index contributed by atoms with van der Waals surface area (Å²) in [6, 6.07) is 3.51. The lowest BCUT2D eigenvalue weighted by molar-refractivity contribution is 0.417. The van der Waals surface area contributed by atoms with E-state index in [2.05, 4.69) is 22.6 Å². The zero-order valence-electron chi connectivity index (χ0n) is 6.10. The van der Waals surface area contributed by atoms with Crippen LogP contribution in [0, 0.1) is 3.57 Å². The van der Waals surface area contributed by atoms with Crippen molar-refractivity contribution in [2.75, 3.05) is 18.6 Å². The highest BCUT2D eigenvalue weighted by atomic mass is 127. The highest BCUT2D eigenvalue weighted by molar-refractivity contribution is 14.1. The quantitative estimate of drug-likeness (QED) is 0.596. The van der Waals surface area contributed by atoms with E-state index in [4.69, 9.17) is 16.2 Å². The lowest BCUT2D eigenvalue weighted by Crippen LogP contribution is -1.97. The van der Waals surface area contributed by atoms with Crippen LogP contribution in [0.1, 0.15) is 0 Å². The van der Waals surface area contributed by atoms with Crippen molar-refractivity contribution in [3.63, 3.8) is 0 Å². The first kappa shape index (κ1) is 8.45. The number of hydrogen-bond acceptors (Lipinski definition) is 3. The number of nitrogen functional groups attached to an aromatic ring is 2. The topological polar surface area (TPSA) is 61.3 Å². The van der Waals surface area contributed by atoms with Crippen molar-refractivity contribution in [1.82, 2.24) is 0 Å². The number of anilines is 2. The van der Waals surface area contributed by atoms with E-state index in [-0.39, 0.29) is 0 Å². The summed E-state index contributed by atoms with van der Waals surface area (Å²) in [5.74, 6) is 0.634.